The van der Waals surface area contributed by atoms with E-state index in [9.17, 15) is 9.59 Å². The second-order valence-electron chi connectivity index (χ2n) is 5.69. The largest absolute Gasteiger partial charge is 0.322 e. The Hall–Kier alpha value is -3.13. The van der Waals surface area contributed by atoms with Gasteiger partial charge < -0.3 is 10.2 Å². The zero-order chi connectivity index (χ0) is 16.9. The van der Waals surface area contributed by atoms with Gasteiger partial charge in [0.25, 0.3) is 5.91 Å². The molecule has 1 fully saturated rings. The van der Waals surface area contributed by atoms with Crippen LogP contribution >= 0.6 is 0 Å². The fourth-order valence-electron chi connectivity index (χ4n) is 2.70. The van der Waals surface area contributed by atoms with E-state index in [0.29, 0.717) is 23.2 Å². The molecular weight excluding hydrogens is 302 g/mol. The van der Waals surface area contributed by atoms with E-state index in [1.54, 1.807) is 53.4 Å². The van der Waals surface area contributed by atoms with Crippen LogP contribution in [0.15, 0.2) is 48.5 Å². The van der Waals surface area contributed by atoms with Gasteiger partial charge >= 0.3 is 0 Å². The Morgan fingerprint density at radius 1 is 1.04 bits per heavy atom. The fourth-order valence-corrected chi connectivity index (χ4v) is 2.70. The SMILES string of the molecule is N#Cc1ccc(NC(=O)c2ccc(N3CCCCC3=O)cc2)cc1. The number of anilines is 2. The second kappa shape index (κ2) is 6.97. The van der Waals surface area contributed by atoms with E-state index in [-0.39, 0.29) is 11.8 Å². The Kier molecular flexibility index (Phi) is 4.57. The van der Waals surface area contributed by atoms with E-state index in [0.717, 1.165) is 25.1 Å². The maximum atomic E-state index is 12.3. The quantitative estimate of drug-likeness (QED) is 0.943. The third-order valence-electron chi connectivity index (χ3n) is 4.04. The molecule has 0 spiro atoms. The number of hydrogen-bond acceptors (Lipinski definition) is 3. The van der Waals surface area contributed by atoms with Gasteiger partial charge in [0.2, 0.25) is 5.91 Å². The maximum Gasteiger partial charge on any atom is 0.255 e. The molecule has 2 aromatic carbocycles. The summed E-state index contributed by atoms with van der Waals surface area (Å²) >= 11 is 0. The summed E-state index contributed by atoms with van der Waals surface area (Å²) in [6, 6.07) is 15.8. The van der Waals surface area contributed by atoms with Gasteiger partial charge in [0.05, 0.1) is 11.6 Å². The highest BCUT2D eigenvalue weighted by molar-refractivity contribution is 6.04. The van der Waals surface area contributed by atoms with E-state index < -0.39 is 0 Å². The number of carbonyl (C=O) groups excluding carboxylic acids is 2. The molecule has 0 saturated carbocycles. The minimum atomic E-state index is -0.226. The van der Waals surface area contributed by atoms with Crippen molar-refractivity contribution in [1.29, 1.82) is 5.26 Å². The average molecular weight is 319 g/mol. The first-order valence-corrected chi connectivity index (χ1v) is 7.89. The summed E-state index contributed by atoms with van der Waals surface area (Å²) < 4.78 is 0. The van der Waals surface area contributed by atoms with Crippen molar-refractivity contribution in [1.82, 2.24) is 0 Å². The molecule has 1 N–H and O–H groups in total. The minimum absolute atomic E-state index is 0.135. The van der Waals surface area contributed by atoms with Crippen molar-refractivity contribution < 1.29 is 9.59 Å². The molecule has 5 heteroatoms. The number of amides is 2. The number of nitrogens with one attached hydrogen (secondary N) is 1. The molecule has 2 amide bonds. The normalized spacial score (nSPS) is 14.1. The number of hydrogen-bond donors (Lipinski definition) is 1. The zero-order valence-electron chi connectivity index (χ0n) is 13.2. The van der Waals surface area contributed by atoms with Gasteiger partial charge in [-0.05, 0) is 61.4 Å². The van der Waals surface area contributed by atoms with Gasteiger partial charge in [0.15, 0.2) is 0 Å². The first-order chi connectivity index (χ1) is 11.7. The summed E-state index contributed by atoms with van der Waals surface area (Å²) in [6.45, 7) is 0.732. The molecule has 5 nitrogen and oxygen atoms in total. The molecule has 3 rings (SSSR count). The van der Waals surface area contributed by atoms with Crippen molar-refractivity contribution in [3.05, 3.63) is 59.7 Å². The molecule has 1 aliphatic heterocycles. The topological polar surface area (TPSA) is 73.2 Å². The van der Waals surface area contributed by atoms with Crippen molar-refractivity contribution in [2.75, 3.05) is 16.8 Å². The third-order valence-corrected chi connectivity index (χ3v) is 4.04. The first kappa shape index (κ1) is 15.8. The zero-order valence-corrected chi connectivity index (χ0v) is 13.2. The lowest BCUT2D eigenvalue weighted by atomic mass is 10.1. The number of nitriles is 1. The molecule has 1 aliphatic rings. The van der Waals surface area contributed by atoms with E-state index in [1.807, 2.05) is 6.07 Å². The monoisotopic (exact) mass is 319 g/mol. The number of nitrogens with zero attached hydrogens (tertiary/aromatic N) is 2. The average Bonchev–Trinajstić information content (AvgIpc) is 2.63. The van der Waals surface area contributed by atoms with E-state index in [4.69, 9.17) is 5.26 Å². The highest BCUT2D eigenvalue weighted by Gasteiger charge is 2.19. The van der Waals surface area contributed by atoms with Gasteiger partial charge in [-0.15, -0.1) is 0 Å². The maximum absolute atomic E-state index is 12.3. The lowest BCUT2D eigenvalue weighted by molar-refractivity contribution is -0.119. The van der Waals surface area contributed by atoms with Crippen LogP contribution in [-0.2, 0) is 4.79 Å². The summed E-state index contributed by atoms with van der Waals surface area (Å²) in [7, 11) is 0. The van der Waals surface area contributed by atoms with Crippen molar-refractivity contribution in [3.8, 4) is 6.07 Å². The van der Waals surface area contributed by atoms with Gasteiger partial charge in [0, 0.05) is 29.9 Å². The summed E-state index contributed by atoms with van der Waals surface area (Å²) in [4.78, 5) is 26.0. The van der Waals surface area contributed by atoms with Gasteiger partial charge in [-0.2, -0.15) is 5.26 Å². The van der Waals surface area contributed by atoms with Crippen LogP contribution in [0.2, 0.25) is 0 Å². The molecule has 0 atom stereocenters. The standard InChI is InChI=1S/C19H17N3O2/c20-13-14-4-8-16(9-5-14)21-19(24)15-6-10-17(11-7-15)22-12-2-1-3-18(22)23/h4-11H,1-3,12H2,(H,21,24). The van der Waals surface area contributed by atoms with Gasteiger partial charge in [0.1, 0.15) is 0 Å². The van der Waals surface area contributed by atoms with E-state index >= 15 is 0 Å². The Balaban J connectivity index is 1.69. The van der Waals surface area contributed by atoms with E-state index in [2.05, 4.69) is 5.32 Å². The summed E-state index contributed by atoms with van der Waals surface area (Å²) in [5.74, 6) is -0.0905. The molecule has 120 valence electrons. The number of carbonyl (C=O) groups is 2. The number of rotatable bonds is 3. The van der Waals surface area contributed by atoms with Crippen LogP contribution in [0, 0.1) is 11.3 Å². The minimum Gasteiger partial charge on any atom is -0.322 e. The van der Waals surface area contributed by atoms with Crippen molar-refractivity contribution >= 4 is 23.2 Å². The predicted molar refractivity (Wildman–Crippen MR) is 91.8 cm³/mol. The molecule has 2 aromatic rings. The fraction of sp³-hybridized carbons (Fsp3) is 0.211. The van der Waals surface area contributed by atoms with Gasteiger partial charge in [-0.3, -0.25) is 9.59 Å². The van der Waals surface area contributed by atoms with Crippen LogP contribution in [0.3, 0.4) is 0 Å². The lowest BCUT2D eigenvalue weighted by Crippen LogP contribution is -2.35. The molecule has 0 aliphatic carbocycles. The van der Waals surface area contributed by atoms with E-state index in [1.165, 1.54) is 0 Å². The molecule has 0 unspecified atom stereocenters. The second-order valence-corrected chi connectivity index (χ2v) is 5.69. The molecule has 24 heavy (non-hydrogen) atoms. The van der Waals surface area contributed by atoms with Crippen molar-refractivity contribution in [2.45, 2.75) is 19.3 Å². The van der Waals surface area contributed by atoms with Crippen LogP contribution < -0.4 is 10.2 Å². The van der Waals surface area contributed by atoms with Crippen LogP contribution in [0.25, 0.3) is 0 Å². The van der Waals surface area contributed by atoms with Crippen LogP contribution in [0.5, 0.6) is 0 Å². The van der Waals surface area contributed by atoms with Crippen molar-refractivity contribution in [2.24, 2.45) is 0 Å². The molecule has 0 aromatic heterocycles. The third kappa shape index (κ3) is 3.44. The number of piperidine rings is 1. The van der Waals surface area contributed by atoms with Gasteiger partial charge in [-0.1, -0.05) is 0 Å². The Labute approximate surface area is 140 Å². The Morgan fingerprint density at radius 3 is 2.38 bits per heavy atom. The molecule has 1 heterocycles. The van der Waals surface area contributed by atoms with Gasteiger partial charge in [-0.25, -0.2) is 0 Å². The highest BCUT2D eigenvalue weighted by Crippen LogP contribution is 2.21. The molecule has 1 saturated heterocycles. The summed E-state index contributed by atoms with van der Waals surface area (Å²) in [5.41, 5.74) is 2.53. The van der Waals surface area contributed by atoms with Crippen LogP contribution in [0.4, 0.5) is 11.4 Å². The van der Waals surface area contributed by atoms with Crippen molar-refractivity contribution in [3.63, 3.8) is 0 Å². The van der Waals surface area contributed by atoms with Crippen LogP contribution in [0.1, 0.15) is 35.2 Å². The molecule has 0 bridgehead atoms. The lowest BCUT2D eigenvalue weighted by Gasteiger charge is -2.26. The molecule has 0 radical (unpaired) electrons. The highest BCUT2D eigenvalue weighted by atomic mass is 16.2. The summed E-state index contributed by atoms with van der Waals surface area (Å²) in [5, 5.41) is 11.6. The number of benzene rings is 2. The molecular formula is C19H17N3O2. The predicted octanol–water partition coefficient (Wildman–Crippen LogP) is 3.33. The smallest absolute Gasteiger partial charge is 0.255 e. The summed E-state index contributed by atoms with van der Waals surface area (Å²) in [6.07, 6.45) is 2.54. The Bertz CT molecular complexity index is 789. The first-order valence-electron chi connectivity index (χ1n) is 7.89. The Morgan fingerprint density at radius 2 is 1.75 bits per heavy atom. The van der Waals surface area contributed by atoms with Crippen LogP contribution in [-0.4, -0.2) is 18.4 Å².